The van der Waals surface area contributed by atoms with E-state index in [2.05, 4.69) is 15.5 Å². The molecule has 2 saturated carbocycles. The number of carbonyl (C=O) groups excluding carboxylic acids is 2. The first-order chi connectivity index (χ1) is 12.7. The van der Waals surface area contributed by atoms with Crippen LogP contribution in [0, 0.1) is 17.8 Å². The largest absolute Gasteiger partial charge is 0.456 e. The van der Waals surface area contributed by atoms with E-state index in [-0.39, 0.29) is 18.6 Å². The predicted molar refractivity (Wildman–Crippen MR) is 92.9 cm³/mol. The van der Waals surface area contributed by atoms with Crippen molar-refractivity contribution in [2.24, 2.45) is 17.8 Å². The number of hydrogen-bond donors (Lipinski definition) is 1. The third kappa shape index (κ3) is 3.76. The summed E-state index contributed by atoms with van der Waals surface area (Å²) >= 11 is 0. The van der Waals surface area contributed by atoms with E-state index >= 15 is 0 Å². The first kappa shape index (κ1) is 16.8. The molecule has 136 valence electrons. The molecule has 1 aromatic carbocycles. The molecule has 4 rings (SSSR count). The fourth-order valence-corrected chi connectivity index (χ4v) is 4.17. The van der Waals surface area contributed by atoms with Crippen LogP contribution in [0.1, 0.15) is 32.1 Å². The van der Waals surface area contributed by atoms with Crippen molar-refractivity contribution in [3.8, 4) is 11.5 Å². The summed E-state index contributed by atoms with van der Waals surface area (Å²) in [5, 5.41) is 10.1. The van der Waals surface area contributed by atoms with Gasteiger partial charge >= 0.3 is 12.0 Å². The number of hydrogen-bond acceptors (Lipinski definition) is 6. The van der Waals surface area contributed by atoms with E-state index in [1.165, 1.54) is 19.3 Å². The average Bonchev–Trinajstić information content (AvgIpc) is 3.38. The second-order valence-corrected chi connectivity index (χ2v) is 7.13. The van der Waals surface area contributed by atoms with Crippen LogP contribution in [0.3, 0.4) is 0 Å². The Labute approximate surface area is 151 Å². The topological polar surface area (TPSA) is 94.3 Å². The number of nitrogens with zero attached hydrogens (tertiary/aromatic N) is 2. The highest BCUT2D eigenvalue weighted by atomic mass is 16.5. The molecule has 7 heteroatoms. The second-order valence-electron chi connectivity index (χ2n) is 7.13. The molecular formula is C19H21N3O4. The lowest BCUT2D eigenvalue weighted by molar-refractivity contribution is -0.148. The number of rotatable bonds is 6. The Hall–Kier alpha value is -2.70. The molecule has 1 amide bonds. The van der Waals surface area contributed by atoms with Crippen molar-refractivity contribution in [3.05, 3.63) is 30.3 Å². The lowest BCUT2D eigenvalue weighted by Crippen LogP contribution is -2.23. The molecule has 1 heterocycles. The van der Waals surface area contributed by atoms with Gasteiger partial charge in [0.15, 0.2) is 6.61 Å². The van der Waals surface area contributed by atoms with Crippen LogP contribution in [0.4, 0.5) is 6.01 Å². The lowest BCUT2D eigenvalue weighted by Gasteiger charge is -2.20. The summed E-state index contributed by atoms with van der Waals surface area (Å²) in [4.78, 5) is 23.9. The summed E-state index contributed by atoms with van der Waals surface area (Å²) in [6, 6.07) is 9.24. The van der Waals surface area contributed by atoms with Gasteiger partial charge in [0.05, 0.1) is 0 Å². The van der Waals surface area contributed by atoms with Crippen molar-refractivity contribution < 1.29 is 18.7 Å². The molecule has 0 saturated heterocycles. The minimum atomic E-state index is -0.491. The summed E-state index contributed by atoms with van der Waals surface area (Å²) in [5.41, 5.74) is 0.762. The number of fused-ring (bicyclic) bond motifs is 2. The normalized spacial score (nSPS) is 23.8. The molecule has 3 atom stereocenters. The quantitative estimate of drug-likeness (QED) is 0.801. The maximum atomic E-state index is 12.0. The van der Waals surface area contributed by atoms with E-state index in [1.54, 1.807) is 0 Å². The van der Waals surface area contributed by atoms with Gasteiger partial charge in [-0.2, -0.15) is 0 Å². The fraction of sp³-hybridized carbons (Fsp3) is 0.474. The lowest BCUT2D eigenvalue weighted by atomic mass is 9.86. The zero-order valence-corrected chi connectivity index (χ0v) is 14.4. The minimum absolute atomic E-state index is 0.0157. The molecule has 1 aromatic heterocycles. The van der Waals surface area contributed by atoms with E-state index in [9.17, 15) is 9.59 Å². The maximum Gasteiger partial charge on any atom is 0.322 e. The Morgan fingerprint density at radius 1 is 1.15 bits per heavy atom. The summed E-state index contributed by atoms with van der Waals surface area (Å²) in [6.45, 7) is -0.345. The van der Waals surface area contributed by atoms with Crippen molar-refractivity contribution >= 4 is 17.9 Å². The van der Waals surface area contributed by atoms with Crippen LogP contribution in [-0.2, 0) is 14.3 Å². The van der Waals surface area contributed by atoms with Gasteiger partial charge in [-0.25, -0.2) is 0 Å². The van der Waals surface area contributed by atoms with Gasteiger partial charge < -0.3 is 9.15 Å². The molecule has 0 aliphatic heterocycles. The van der Waals surface area contributed by atoms with Gasteiger partial charge in [-0.05, 0) is 49.1 Å². The third-order valence-electron chi connectivity index (χ3n) is 5.37. The van der Waals surface area contributed by atoms with Crippen LogP contribution in [0.5, 0.6) is 0 Å². The first-order valence-corrected chi connectivity index (χ1v) is 9.02. The molecule has 2 fully saturated rings. The second kappa shape index (κ2) is 7.27. The van der Waals surface area contributed by atoms with Crippen LogP contribution in [0.25, 0.3) is 11.5 Å². The van der Waals surface area contributed by atoms with Gasteiger partial charge in [-0.15, -0.1) is 5.10 Å². The molecule has 2 aliphatic rings. The van der Waals surface area contributed by atoms with E-state index in [0.29, 0.717) is 24.1 Å². The number of ether oxygens (including phenoxy) is 1. The van der Waals surface area contributed by atoms with Crippen LogP contribution >= 0.6 is 0 Å². The molecule has 7 nitrogen and oxygen atoms in total. The molecule has 0 radical (unpaired) electrons. The number of aromatic nitrogens is 2. The van der Waals surface area contributed by atoms with Crippen molar-refractivity contribution in [3.63, 3.8) is 0 Å². The van der Waals surface area contributed by atoms with Gasteiger partial charge in [0.2, 0.25) is 5.89 Å². The monoisotopic (exact) mass is 355 g/mol. The SMILES string of the molecule is O=C(COC(=O)C[C@@H]1C[C@@H]2CC[C@@H]1C2)Nc1nnc(-c2ccccc2)o1. The van der Waals surface area contributed by atoms with E-state index in [4.69, 9.17) is 9.15 Å². The Morgan fingerprint density at radius 2 is 2.00 bits per heavy atom. The van der Waals surface area contributed by atoms with Crippen LogP contribution < -0.4 is 5.32 Å². The Morgan fingerprint density at radius 3 is 2.73 bits per heavy atom. The van der Waals surface area contributed by atoms with Gasteiger partial charge in [-0.3, -0.25) is 14.9 Å². The number of nitrogens with one attached hydrogen (secondary N) is 1. The van der Waals surface area contributed by atoms with Crippen molar-refractivity contribution in [2.75, 3.05) is 11.9 Å². The molecule has 2 bridgehead atoms. The molecule has 2 aromatic rings. The van der Waals surface area contributed by atoms with Crippen LogP contribution in [-0.4, -0.2) is 28.7 Å². The van der Waals surface area contributed by atoms with E-state index in [1.807, 2.05) is 30.3 Å². The Bertz CT molecular complexity index is 789. The summed E-state index contributed by atoms with van der Waals surface area (Å²) in [5.74, 6) is 1.39. The van der Waals surface area contributed by atoms with Crippen molar-refractivity contribution in [1.29, 1.82) is 0 Å². The highest BCUT2D eigenvalue weighted by Crippen LogP contribution is 2.49. The molecule has 0 unspecified atom stereocenters. The number of amides is 1. The average molecular weight is 355 g/mol. The summed E-state index contributed by atoms with van der Waals surface area (Å²) in [7, 11) is 0. The van der Waals surface area contributed by atoms with Gasteiger partial charge in [-0.1, -0.05) is 29.7 Å². The van der Waals surface area contributed by atoms with E-state index in [0.717, 1.165) is 17.9 Å². The molecule has 1 N–H and O–H groups in total. The predicted octanol–water partition coefficient (Wildman–Crippen LogP) is 3.04. The number of carbonyl (C=O) groups is 2. The number of anilines is 1. The van der Waals surface area contributed by atoms with Crippen molar-refractivity contribution in [1.82, 2.24) is 10.2 Å². The van der Waals surface area contributed by atoms with Crippen molar-refractivity contribution in [2.45, 2.75) is 32.1 Å². The van der Waals surface area contributed by atoms with E-state index < -0.39 is 5.91 Å². The highest BCUT2D eigenvalue weighted by molar-refractivity contribution is 5.91. The zero-order valence-electron chi connectivity index (χ0n) is 14.4. The van der Waals surface area contributed by atoms with Crippen LogP contribution in [0.2, 0.25) is 0 Å². The van der Waals surface area contributed by atoms with Gasteiger partial charge in [0, 0.05) is 12.0 Å². The molecule has 0 spiro atoms. The maximum absolute atomic E-state index is 12.0. The zero-order chi connectivity index (χ0) is 17.9. The number of benzene rings is 1. The molecule has 26 heavy (non-hydrogen) atoms. The smallest absolute Gasteiger partial charge is 0.322 e. The third-order valence-corrected chi connectivity index (χ3v) is 5.37. The molecular weight excluding hydrogens is 334 g/mol. The Balaban J connectivity index is 1.23. The van der Waals surface area contributed by atoms with Gasteiger partial charge in [0.1, 0.15) is 0 Å². The first-order valence-electron chi connectivity index (χ1n) is 9.02. The van der Waals surface area contributed by atoms with Crippen LogP contribution in [0.15, 0.2) is 34.7 Å². The Kier molecular flexibility index (Phi) is 4.69. The number of esters is 1. The standard InChI is InChI=1S/C19H21N3O4/c23-16(11-25-17(24)10-15-9-12-6-7-14(15)8-12)20-19-22-21-18(26-19)13-4-2-1-3-5-13/h1-5,12,14-15H,6-11H2,(H,20,22,23)/t12-,14-,15+/m1/s1. The summed E-state index contributed by atoms with van der Waals surface area (Å²) in [6.07, 6.45) is 5.31. The summed E-state index contributed by atoms with van der Waals surface area (Å²) < 4.78 is 10.5. The van der Waals surface area contributed by atoms with Gasteiger partial charge in [0.25, 0.3) is 5.91 Å². The highest BCUT2D eigenvalue weighted by Gasteiger charge is 2.40. The fourth-order valence-electron chi connectivity index (χ4n) is 4.17. The minimum Gasteiger partial charge on any atom is -0.456 e. The molecule has 2 aliphatic carbocycles.